The van der Waals surface area contributed by atoms with E-state index in [4.69, 9.17) is 4.52 Å². The summed E-state index contributed by atoms with van der Waals surface area (Å²) in [4.78, 5) is 17.0. The third-order valence-electron chi connectivity index (χ3n) is 5.40. The molecule has 1 atom stereocenters. The number of hydrogen-bond acceptors (Lipinski definition) is 6. The number of carbonyl (C=O) groups is 1. The summed E-state index contributed by atoms with van der Waals surface area (Å²) in [5.74, 6) is -0.590. The number of benzene rings is 2. The van der Waals surface area contributed by atoms with Crippen LogP contribution in [0.4, 0.5) is 4.39 Å². The first-order chi connectivity index (χ1) is 15.3. The minimum absolute atomic E-state index is 0.00875. The molecular formula is C22H23FN4O4S. The average molecular weight is 459 g/mol. The second kappa shape index (κ2) is 9.17. The van der Waals surface area contributed by atoms with E-state index in [9.17, 15) is 17.6 Å². The van der Waals surface area contributed by atoms with Crippen molar-refractivity contribution >= 4 is 15.9 Å². The van der Waals surface area contributed by atoms with Crippen LogP contribution in [0.5, 0.6) is 0 Å². The first-order valence-corrected chi connectivity index (χ1v) is 11.7. The van der Waals surface area contributed by atoms with E-state index in [0.717, 1.165) is 23.3 Å². The van der Waals surface area contributed by atoms with Crippen LogP contribution in [0.2, 0.25) is 0 Å². The molecule has 1 amide bonds. The molecule has 1 N–H and O–H groups in total. The van der Waals surface area contributed by atoms with E-state index in [2.05, 4.69) is 15.5 Å². The number of nitrogens with zero attached hydrogens (tertiary/aromatic N) is 3. The number of rotatable bonds is 6. The lowest BCUT2D eigenvalue weighted by Crippen LogP contribution is -2.45. The molecule has 168 valence electrons. The van der Waals surface area contributed by atoms with Gasteiger partial charge in [-0.15, -0.1) is 0 Å². The van der Waals surface area contributed by atoms with Gasteiger partial charge in [0, 0.05) is 18.7 Å². The predicted octanol–water partition coefficient (Wildman–Crippen LogP) is 2.90. The molecule has 1 aromatic heterocycles. The number of aryl methyl sites for hydroxylation is 1. The van der Waals surface area contributed by atoms with Gasteiger partial charge < -0.3 is 9.84 Å². The van der Waals surface area contributed by atoms with Gasteiger partial charge in [-0.25, -0.2) is 12.8 Å². The molecule has 0 aliphatic carbocycles. The van der Waals surface area contributed by atoms with Gasteiger partial charge in [-0.2, -0.15) is 9.29 Å². The van der Waals surface area contributed by atoms with Gasteiger partial charge in [0.25, 0.3) is 0 Å². The molecule has 1 aliphatic rings. The summed E-state index contributed by atoms with van der Waals surface area (Å²) in [6, 6.07) is 12.4. The molecule has 2 heterocycles. The minimum Gasteiger partial charge on any atom is -0.347 e. The molecule has 1 aliphatic heterocycles. The highest BCUT2D eigenvalue weighted by Gasteiger charge is 2.33. The smallest absolute Gasteiger partial charge is 0.246 e. The van der Waals surface area contributed by atoms with Crippen LogP contribution >= 0.6 is 0 Å². The Balaban J connectivity index is 1.36. The zero-order chi connectivity index (χ0) is 22.7. The molecule has 0 bridgehead atoms. The fourth-order valence-electron chi connectivity index (χ4n) is 3.58. The maximum atomic E-state index is 13.1. The van der Waals surface area contributed by atoms with Crippen molar-refractivity contribution in [3.05, 3.63) is 65.8 Å². The number of hydrogen-bond donors (Lipinski definition) is 1. The Kier molecular flexibility index (Phi) is 6.33. The van der Waals surface area contributed by atoms with Gasteiger partial charge in [0.15, 0.2) is 0 Å². The van der Waals surface area contributed by atoms with Crippen LogP contribution in [0.15, 0.2) is 57.9 Å². The monoisotopic (exact) mass is 458 g/mol. The molecule has 3 aromatic rings. The lowest BCUT2D eigenvalue weighted by molar-refractivity contribution is -0.126. The molecule has 8 nitrogen and oxygen atoms in total. The summed E-state index contributed by atoms with van der Waals surface area (Å²) in [5, 5.41) is 6.69. The first kappa shape index (κ1) is 22.1. The van der Waals surface area contributed by atoms with Gasteiger partial charge in [0.05, 0.1) is 17.4 Å². The van der Waals surface area contributed by atoms with Crippen molar-refractivity contribution in [2.45, 2.75) is 31.2 Å². The highest BCUT2D eigenvalue weighted by atomic mass is 32.2. The lowest BCUT2D eigenvalue weighted by Gasteiger charge is -2.31. The van der Waals surface area contributed by atoms with E-state index in [1.165, 1.54) is 16.4 Å². The van der Waals surface area contributed by atoms with Gasteiger partial charge >= 0.3 is 0 Å². The summed E-state index contributed by atoms with van der Waals surface area (Å²) < 4.78 is 45.3. The Morgan fingerprint density at radius 1 is 1.19 bits per heavy atom. The van der Waals surface area contributed by atoms with Crippen molar-refractivity contribution in [2.75, 3.05) is 13.1 Å². The molecule has 32 heavy (non-hydrogen) atoms. The Labute approximate surface area is 185 Å². The van der Waals surface area contributed by atoms with E-state index in [-0.39, 0.29) is 29.8 Å². The second-order valence-corrected chi connectivity index (χ2v) is 9.69. The Morgan fingerprint density at radius 3 is 2.62 bits per heavy atom. The molecule has 2 aromatic carbocycles. The van der Waals surface area contributed by atoms with Crippen LogP contribution in [-0.2, 0) is 21.4 Å². The number of halogens is 1. The van der Waals surface area contributed by atoms with E-state index < -0.39 is 21.8 Å². The van der Waals surface area contributed by atoms with Crippen molar-refractivity contribution in [1.29, 1.82) is 0 Å². The number of aromatic nitrogens is 2. The van der Waals surface area contributed by atoms with Gasteiger partial charge in [-0.1, -0.05) is 35.0 Å². The highest BCUT2D eigenvalue weighted by Crippen LogP contribution is 2.24. The maximum Gasteiger partial charge on any atom is 0.246 e. The van der Waals surface area contributed by atoms with Crippen molar-refractivity contribution in [2.24, 2.45) is 5.92 Å². The fourth-order valence-corrected chi connectivity index (χ4v) is 5.11. The van der Waals surface area contributed by atoms with Crippen LogP contribution in [0, 0.1) is 18.7 Å². The van der Waals surface area contributed by atoms with Crippen LogP contribution in [0.1, 0.15) is 24.3 Å². The maximum absolute atomic E-state index is 13.1. The van der Waals surface area contributed by atoms with E-state index in [1.54, 1.807) is 0 Å². The average Bonchev–Trinajstić information content (AvgIpc) is 3.27. The van der Waals surface area contributed by atoms with Crippen molar-refractivity contribution in [3.8, 4) is 11.4 Å². The molecule has 0 spiro atoms. The number of carbonyl (C=O) groups excluding carboxylic acids is 1. The van der Waals surface area contributed by atoms with Crippen LogP contribution in [0.25, 0.3) is 11.4 Å². The Morgan fingerprint density at radius 2 is 1.91 bits per heavy atom. The normalized spacial score (nSPS) is 17.2. The zero-order valence-corrected chi connectivity index (χ0v) is 18.3. The largest absolute Gasteiger partial charge is 0.347 e. The number of nitrogens with one attached hydrogen (secondary N) is 1. The summed E-state index contributed by atoms with van der Waals surface area (Å²) in [6.45, 7) is 2.41. The molecule has 4 rings (SSSR count). The molecule has 1 saturated heterocycles. The third kappa shape index (κ3) is 4.86. The summed E-state index contributed by atoms with van der Waals surface area (Å²) in [7, 11) is -3.80. The summed E-state index contributed by atoms with van der Waals surface area (Å²) in [5.41, 5.74) is 1.93. The number of sulfonamides is 1. The van der Waals surface area contributed by atoms with E-state index in [0.29, 0.717) is 25.2 Å². The van der Waals surface area contributed by atoms with Gasteiger partial charge in [0.2, 0.25) is 27.6 Å². The molecule has 1 fully saturated rings. The lowest BCUT2D eigenvalue weighted by atomic mass is 9.99. The topological polar surface area (TPSA) is 105 Å². The predicted molar refractivity (Wildman–Crippen MR) is 114 cm³/mol. The van der Waals surface area contributed by atoms with Gasteiger partial charge in [0.1, 0.15) is 5.82 Å². The van der Waals surface area contributed by atoms with Crippen LogP contribution in [-0.4, -0.2) is 41.9 Å². The van der Waals surface area contributed by atoms with Crippen LogP contribution in [0.3, 0.4) is 0 Å². The van der Waals surface area contributed by atoms with E-state index >= 15 is 0 Å². The molecule has 0 radical (unpaired) electrons. The fraction of sp³-hybridized carbons (Fsp3) is 0.318. The highest BCUT2D eigenvalue weighted by molar-refractivity contribution is 7.89. The quantitative estimate of drug-likeness (QED) is 0.609. The minimum atomic E-state index is -3.80. The van der Waals surface area contributed by atoms with Crippen molar-refractivity contribution in [3.63, 3.8) is 0 Å². The Bertz CT molecular complexity index is 1190. The Hall–Kier alpha value is -3.11. The molecule has 10 heteroatoms. The molecule has 0 saturated carbocycles. The van der Waals surface area contributed by atoms with E-state index in [1.807, 2.05) is 31.2 Å². The van der Waals surface area contributed by atoms with Crippen LogP contribution < -0.4 is 5.32 Å². The number of amides is 1. The van der Waals surface area contributed by atoms with Gasteiger partial charge in [-0.3, -0.25) is 4.79 Å². The molecular weight excluding hydrogens is 435 g/mol. The SMILES string of the molecule is Cc1ccc(-c2noc(CNC(=O)[C@H]3CCCN(S(=O)(=O)c4ccc(F)cc4)C3)n2)cc1. The van der Waals surface area contributed by atoms with Crippen molar-refractivity contribution < 1.29 is 22.1 Å². The molecule has 0 unspecified atom stereocenters. The summed E-state index contributed by atoms with van der Waals surface area (Å²) in [6.07, 6.45) is 1.12. The standard InChI is InChI=1S/C22H23FN4O4S/c1-15-4-6-16(7-5-15)21-25-20(31-26-21)13-24-22(28)17-3-2-12-27(14-17)32(29,30)19-10-8-18(23)9-11-19/h4-11,17H,2-3,12-14H2,1H3,(H,24,28)/t17-/m0/s1. The first-order valence-electron chi connectivity index (χ1n) is 10.3. The zero-order valence-electron chi connectivity index (χ0n) is 17.5. The number of piperidine rings is 1. The second-order valence-electron chi connectivity index (χ2n) is 7.75. The summed E-state index contributed by atoms with van der Waals surface area (Å²) >= 11 is 0. The van der Waals surface area contributed by atoms with Crippen molar-refractivity contribution in [1.82, 2.24) is 19.8 Å². The van der Waals surface area contributed by atoms with Gasteiger partial charge in [-0.05, 0) is 44.0 Å². The third-order valence-corrected chi connectivity index (χ3v) is 7.28.